The van der Waals surface area contributed by atoms with Gasteiger partial charge in [0, 0.05) is 16.8 Å². The standard InChI is InChI=1S/C16H12ClN5S/c17-16-19-10-13(23-16)9-18-11-6-7-14-15(8-11)21-22(20-14)12-4-2-1-3-5-12/h1-8,10,18H,9H2. The highest BCUT2D eigenvalue weighted by molar-refractivity contribution is 7.15. The first-order valence-corrected chi connectivity index (χ1v) is 8.24. The van der Waals surface area contributed by atoms with Crippen LogP contribution in [0.25, 0.3) is 16.7 Å². The van der Waals surface area contributed by atoms with Crippen molar-refractivity contribution in [1.29, 1.82) is 0 Å². The van der Waals surface area contributed by atoms with Crippen LogP contribution in [0.3, 0.4) is 0 Å². The summed E-state index contributed by atoms with van der Waals surface area (Å²) in [4.78, 5) is 6.77. The zero-order valence-corrected chi connectivity index (χ0v) is 13.6. The molecule has 0 bridgehead atoms. The van der Waals surface area contributed by atoms with E-state index in [2.05, 4.69) is 20.5 Å². The van der Waals surface area contributed by atoms with Crippen LogP contribution in [-0.2, 0) is 6.54 Å². The smallest absolute Gasteiger partial charge is 0.183 e. The van der Waals surface area contributed by atoms with Crippen molar-refractivity contribution in [2.75, 3.05) is 5.32 Å². The minimum absolute atomic E-state index is 0.558. The Balaban J connectivity index is 1.58. The normalized spacial score (nSPS) is 11.0. The van der Waals surface area contributed by atoms with Crippen molar-refractivity contribution >= 4 is 39.7 Å². The maximum absolute atomic E-state index is 5.84. The first-order chi connectivity index (χ1) is 11.3. The predicted octanol–water partition coefficient (Wildman–Crippen LogP) is 4.14. The molecule has 5 nitrogen and oxygen atoms in total. The number of halogens is 1. The number of anilines is 1. The van der Waals surface area contributed by atoms with Gasteiger partial charge < -0.3 is 5.32 Å². The van der Waals surface area contributed by atoms with Crippen molar-refractivity contribution in [2.45, 2.75) is 6.54 Å². The van der Waals surface area contributed by atoms with Gasteiger partial charge >= 0.3 is 0 Å². The maximum Gasteiger partial charge on any atom is 0.183 e. The SMILES string of the molecule is Clc1ncc(CNc2ccc3nn(-c4ccccc4)nc3c2)s1. The highest BCUT2D eigenvalue weighted by Crippen LogP contribution is 2.21. The van der Waals surface area contributed by atoms with E-state index >= 15 is 0 Å². The summed E-state index contributed by atoms with van der Waals surface area (Å²) >= 11 is 7.31. The molecule has 0 atom stereocenters. The van der Waals surface area contributed by atoms with Gasteiger partial charge in [0.25, 0.3) is 0 Å². The Morgan fingerprint density at radius 3 is 2.65 bits per heavy atom. The lowest BCUT2D eigenvalue weighted by atomic mass is 10.3. The third-order valence-corrected chi connectivity index (χ3v) is 4.47. The fraction of sp³-hybridized carbons (Fsp3) is 0.0625. The summed E-state index contributed by atoms with van der Waals surface area (Å²) < 4.78 is 0.558. The molecule has 0 spiro atoms. The number of nitrogens with one attached hydrogen (secondary N) is 1. The van der Waals surface area contributed by atoms with Crippen LogP contribution >= 0.6 is 22.9 Å². The molecule has 0 saturated heterocycles. The molecule has 0 aliphatic heterocycles. The molecule has 0 saturated carbocycles. The maximum atomic E-state index is 5.84. The molecule has 4 aromatic rings. The molecule has 114 valence electrons. The third-order valence-electron chi connectivity index (χ3n) is 3.36. The van der Waals surface area contributed by atoms with Gasteiger partial charge in [0.2, 0.25) is 0 Å². The van der Waals surface area contributed by atoms with Gasteiger partial charge in [0.05, 0.1) is 12.2 Å². The number of rotatable bonds is 4. The van der Waals surface area contributed by atoms with E-state index in [0.29, 0.717) is 11.0 Å². The van der Waals surface area contributed by atoms with Crippen molar-refractivity contribution < 1.29 is 0 Å². The minimum Gasteiger partial charge on any atom is -0.380 e. The molecule has 0 aliphatic rings. The number of hydrogen-bond donors (Lipinski definition) is 1. The van der Waals surface area contributed by atoms with Crippen molar-refractivity contribution in [2.24, 2.45) is 0 Å². The highest BCUT2D eigenvalue weighted by Gasteiger charge is 2.06. The molecule has 0 unspecified atom stereocenters. The Bertz CT molecular complexity index is 947. The van der Waals surface area contributed by atoms with Gasteiger partial charge in [-0.15, -0.1) is 21.5 Å². The van der Waals surface area contributed by atoms with Gasteiger partial charge in [-0.25, -0.2) is 4.98 Å². The van der Waals surface area contributed by atoms with E-state index in [9.17, 15) is 0 Å². The Kier molecular flexibility index (Phi) is 3.69. The van der Waals surface area contributed by atoms with Crippen LogP contribution in [0, 0.1) is 0 Å². The summed E-state index contributed by atoms with van der Waals surface area (Å²) in [6.07, 6.45) is 1.78. The molecule has 0 fully saturated rings. The third kappa shape index (κ3) is 3.04. The van der Waals surface area contributed by atoms with Gasteiger partial charge in [-0.1, -0.05) is 29.8 Å². The second-order valence-corrected chi connectivity index (χ2v) is 6.66. The average Bonchev–Trinajstić information content (AvgIpc) is 3.19. The van der Waals surface area contributed by atoms with Gasteiger partial charge in [0.1, 0.15) is 11.0 Å². The fourth-order valence-electron chi connectivity index (χ4n) is 2.26. The van der Waals surface area contributed by atoms with Gasteiger partial charge in [0.15, 0.2) is 4.47 Å². The lowest BCUT2D eigenvalue weighted by Crippen LogP contribution is -1.97. The largest absolute Gasteiger partial charge is 0.380 e. The highest BCUT2D eigenvalue weighted by atomic mass is 35.5. The van der Waals surface area contributed by atoms with Crippen LogP contribution < -0.4 is 5.32 Å². The van der Waals surface area contributed by atoms with Gasteiger partial charge in [-0.2, -0.15) is 4.80 Å². The topological polar surface area (TPSA) is 55.6 Å². The summed E-state index contributed by atoms with van der Waals surface area (Å²) in [5, 5.41) is 12.4. The van der Waals surface area contributed by atoms with Crippen molar-refractivity contribution in [3.63, 3.8) is 0 Å². The number of aromatic nitrogens is 4. The number of benzene rings is 2. The molecular weight excluding hydrogens is 330 g/mol. The van der Waals surface area contributed by atoms with Crippen molar-refractivity contribution in [3.8, 4) is 5.69 Å². The average molecular weight is 342 g/mol. The molecular formula is C16H12ClN5S. The fourth-order valence-corrected chi connectivity index (χ4v) is 3.17. The van der Waals surface area contributed by atoms with E-state index in [1.807, 2.05) is 48.5 Å². The van der Waals surface area contributed by atoms with E-state index in [1.54, 1.807) is 11.0 Å². The van der Waals surface area contributed by atoms with Crippen LogP contribution in [-0.4, -0.2) is 20.0 Å². The van der Waals surface area contributed by atoms with Crippen LogP contribution in [0.5, 0.6) is 0 Å². The van der Waals surface area contributed by atoms with Crippen molar-refractivity contribution in [1.82, 2.24) is 20.0 Å². The van der Waals surface area contributed by atoms with E-state index < -0.39 is 0 Å². The first kappa shape index (κ1) is 14.2. The lowest BCUT2D eigenvalue weighted by molar-refractivity contribution is 0.766. The summed E-state index contributed by atoms with van der Waals surface area (Å²) in [5.41, 5.74) is 3.64. The molecule has 0 aliphatic carbocycles. The molecule has 2 aromatic heterocycles. The number of hydrogen-bond acceptors (Lipinski definition) is 5. The Morgan fingerprint density at radius 2 is 1.87 bits per heavy atom. The minimum atomic E-state index is 0.558. The van der Waals surface area contributed by atoms with Crippen molar-refractivity contribution in [3.05, 3.63) is 64.1 Å². The Morgan fingerprint density at radius 1 is 1.04 bits per heavy atom. The summed E-state index contributed by atoms with van der Waals surface area (Å²) in [5.74, 6) is 0. The molecule has 1 N–H and O–H groups in total. The van der Waals surface area contributed by atoms with Crippen LogP contribution in [0.1, 0.15) is 4.88 Å². The van der Waals surface area contributed by atoms with Gasteiger partial charge in [-0.3, -0.25) is 0 Å². The number of para-hydroxylation sites is 1. The zero-order valence-electron chi connectivity index (χ0n) is 12.0. The summed E-state index contributed by atoms with van der Waals surface area (Å²) in [7, 11) is 0. The summed E-state index contributed by atoms with van der Waals surface area (Å²) in [6.45, 7) is 0.683. The second-order valence-electron chi connectivity index (χ2n) is 4.96. The molecule has 7 heteroatoms. The number of thiazole rings is 1. The molecule has 0 amide bonds. The number of nitrogens with zero attached hydrogens (tertiary/aromatic N) is 4. The zero-order chi connectivity index (χ0) is 15.6. The number of fused-ring (bicyclic) bond motifs is 1. The predicted molar refractivity (Wildman–Crippen MR) is 93.3 cm³/mol. The molecule has 2 aromatic carbocycles. The lowest BCUT2D eigenvalue weighted by Gasteiger charge is -2.03. The van der Waals surface area contributed by atoms with E-state index in [0.717, 1.165) is 27.3 Å². The quantitative estimate of drug-likeness (QED) is 0.606. The molecule has 2 heterocycles. The molecule has 23 heavy (non-hydrogen) atoms. The van der Waals surface area contributed by atoms with E-state index in [4.69, 9.17) is 11.6 Å². The van der Waals surface area contributed by atoms with Crippen LogP contribution in [0.2, 0.25) is 4.47 Å². The van der Waals surface area contributed by atoms with E-state index in [-0.39, 0.29) is 0 Å². The Labute approximate surface area is 141 Å². The second kappa shape index (κ2) is 5.98. The molecule has 0 radical (unpaired) electrons. The van der Waals surface area contributed by atoms with E-state index in [1.165, 1.54) is 11.3 Å². The molecule has 4 rings (SSSR count). The first-order valence-electron chi connectivity index (χ1n) is 7.04. The van der Waals surface area contributed by atoms with Crippen LogP contribution in [0.15, 0.2) is 54.7 Å². The summed E-state index contributed by atoms with van der Waals surface area (Å²) in [6, 6.07) is 15.8. The van der Waals surface area contributed by atoms with Gasteiger partial charge in [-0.05, 0) is 30.3 Å². The monoisotopic (exact) mass is 341 g/mol. The Hall–Kier alpha value is -2.44. The van der Waals surface area contributed by atoms with Crippen LogP contribution in [0.4, 0.5) is 5.69 Å².